The molecule has 3 amide bonds. The van der Waals surface area contributed by atoms with Crippen LogP contribution in [0.1, 0.15) is 38.7 Å². The number of amides is 3. The molecule has 1 aliphatic carbocycles. The third-order valence-electron chi connectivity index (χ3n) is 9.56. The fourth-order valence-electron chi connectivity index (χ4n) is 7.21. The first kappa shape index (κ1) is 27.0. The number of hydrogen-bond acceptors (Lipinski definition) is 4. The summed E-state index contributed by atoms with van der Waals surface area (Å²) in [7, 11) is 0. The van der Waals surface area contributed by atoms with E-state index in [1.807, 2.05) is 42.5 Å². The van der Waals surface area contributed by atoms with Crippen molar-refractivity contribution in [3.8, 4) is 0 Å². The summed E-state index contributed by atoms with van der Waals surface area (Å²) in [6.07, 6.45) is 6.89. The van der Waals surface area contributed by atoms with Gasteiger partial charge in [-0.2, -0.15) is 0 Å². The minimum Gasteiger partial charge on any atom is -0.359 e. The zero-order valence-corrected chi connectivity index (χ0v) is 23.6. The van der Waals surface area contributed by atoms with Gasteiger partial charge in [0.15, 0.2) is 0 Å². The van der Waals surface area contributed by atoms with Gasteiger partial charge in [0.05, 0.1) is 17.9 Å². The predicted molar refractivity (Wildman–Crippen MR) is 154 cm³/mol. The molecule has 7 nitrogen and oxygen atoms in total. The molecule has 40 heavy (non-hydrogen) atoms. The molecule has 2 saturated heterocycles. The summed E-state index contributed by atoms with van der Waals surface area (Å²) < 4.78 is 6.48. The van der Waals surface area contributed by atoms with E-state index in [4.69, 9.17) is 16.3 Å². The molecular weight excluding hydrogens is 526 g/mol. The predicted octanol–water partition coefficient (Wildman–Crippen LogP) is 4.61. The van der Waals surface area contributed by atoms with Gasteiger partial charge in [-0.25, -0.2) is 0 Å². The molecule has 0 unspecified atom stereocenters. The Labute approximate surface area is 240 Å². The quantitative estimate of drug-likeness (QED) is 0.483. The number of carbonyl (C=O) groups is 3. The lowest BCUT2D eigenvalue weighted by molar-refractivity contribution is -0.141. The van der Waals surface area contributed by atoms with Crippen LogP contribution in [0.4, 0.5) is 5.69 Å². The summed E-state index contributed by atoms with van der Waals surface area (Å²) in [6, 6.07) is 16.0. The van der Waals surface area contributed by atoms with Crippen molar-refractivity contribution in [3.05, 3.63) is 77.3 Å². The molecule has 1 saturated carbocycles. The highest BCUT2D eigenvalue weighted by molar-refractivity contribution is 6.30. The summed E-state index contributed by atoms with van der Waals surface area (Å²) in [4.78, 5) is 43.6. The van der Waals surface area contributed by atoms with E-state index in [2.05, 4.69) is 24.5 Å². The Balaban J connectivity index is 1.29. The van der Waals surface area contributed by atoms with Crippen molar-refractivity contribution in [2.75, 3.05) is 11.9 Å². The van der Waals surface area contributed by atoms with Crippen molar-refractivity contribution < 1.29 is 19.1 Å². The normalized spacial score (nSPS) is 34.1. The number of benzene rings is 2. The van der Waals surface area contributed by atoms with Crippen molar-refractivity contribution >= 4 is 35.0 Å². The molecule has 210 valence electrons. The van der Waals surface area contributed by atoms with E-state index in [1.165, 1.54) is 0 Å². The molecule has 3 aliphatic heterocycles. The number of anilines is 1. The maximum atomic E-state index is 14.2. The molecule has 3 fully saturated rings. The van der Waals surface area contributed by atoms with E-state index in [-0.39, 0.29) is 23.8 Å². The molecule has 4 aliphatic rings. The van der Waals surface area contributed by atoms with Gasteiger partial charge in [-0.05, 0) is 54.5 Å². The summed E-state index contributed by atoms with van der Waals surface area (Å²) in [5.41, 5.74) is 0.501. The van der Waals surface area contributed by atoms with Crippen LogP contribution in [0.3, 0.4) is 0 Å². The number of fused-ring (bicyclic) bond motifs is 1. The number of rotatable bonds is 7. The van der Waals surface area contributed by atoms with Crippen LogP contribution >= 0.6 is 11.6 Å². The highest BCUT2D eigenvalue weighted by Gasteiger charge is 2.72. The van der Waals surface area contributed by atoms with Crippen LogP contribution in [0, 0.1) is 23.7 Å². The van der Waals surface area contributed by atoms with Gasteiger partial charge in [0.25, 0.3) is 0 Å². The first-order valence-electron chi connectivity index (χ1n) is 14.4. The van der Waals surface area contributed by atoms with Gasteiger partial charge in [-0.1, -0.05) is 80.8 Å². The summed E-state index contributed by atoms with van der Waals surface area (Å²) in [6.45, 7) is 4.79. The van der Waals surface area contributed by atoms with Crippen LogP contribution in [0.2, 0.25) is 5.02 Å². The molecule has 2 aromatic carbocycles. The van der Waals surface area contributed by atoms with Gasteiger partial charge in [0, 0.05) is 23.3 Å². The lowest BCUT2D eigenvalue weighted by atomic mass is 9.73. The van der Waals surface area contributed by atoms with Crippen LogP contribution < -0.4 is 10.6 Å². The zero-order valence-electron chi connectivity index (χ0n) is 22.9. The van der Waals surface area contributed by atoms with E-state index in [0.717, 1.165) is 24.8 Å². The average molecular weight is 562 g/mol. The van der Waals surface area contributed by atoms with E-state index >= 15 is 0 Å². The van der Waals surface area contributed by atoms with Crippen molar-refractivity contribution in [1.29, 1.82) is 0 Å². The number of carbonyl (C=O) groups excluding carboxylic acids is 3. The van der Waals surface area contributed by atoms with Gasteiger partial charge >= 0.3 is 0 Å². The monoisotopic (exact) mass is 561 g/mol. The molecule has 0 radical (unpaired) electrons. The second kappa shape index (κ2) is 10.7. The molecule has 2 aromatic rings. The number of halogens is 1. The Morgan fingerprint density at radius 3 is 2.55 bits per heavy atom. The average Bonchev–Trinajstić information content (AvgIpc) is 3.59. The van der Waals surface area contributed by atoms with Gasteiger partial charge in [-0.3, -0.25) is 14.4 Å². The number of hydrogen-bond donors (Lipinski definition) is 2. The maximum Gasteiger partial charge on any atom is 0.246 e. The third kappa shape index (κ3) is 4.63. The van der Waals surface area contributed by atoms with Crippen molar-refractivity contribution in [1.82, 2.24) is 10.2 Å². The number of likely N-dealkylation sites (tertiary alicyclic amines) is 1. The lowest BCUT2D eigenvalue weighted by Crippen LogP contribution is -2.58. The third-order valence-corrected chi connectivity index (χ3v) is 9.81. The highest BCUT2D eigenvalue weighted by atomic mass is 35.5. The molecule has 1 spiro atoms. The summed E-state index contributed by atoms with van der Waals surface area (Å²) in [5, 5.41) is 6.81. The van der Waals surface area contributed by atoms with Crippen LogP contribution in [0.5, 0.6) is 0 Å². The van der Waals surface area contributed by atoms with E-state index in [0.29, 0.717) is 35.5 Å². The molecule has 8 atom stereocenters. The highest BCUT2D eigenvalue weighted by Crippen LogP contribution is 2.55. The second-order valence-electron chi connectivity index (χ2n) is 11.8. The molecule has 3 heterocycles. The van der Waals surface area contributed by atoms with E-state index < -0.39 is 29.6 Å². The first-order valence-corrected chi connectivity index (χ1v) is 14.7. The van der Waals surface area contributed by atoms with Crippen molar-refractivity contribution in [2.24, 2.45) is 23.7 Å². The van der Waals surface area contributed by atoms with Crippen LogP contribution in [-0.4, -0.2) is 53.0 Å². The van der Waals surface area contributed by atoms with Crippen LogP contribution in [0.15, 0.2) is 66.7 Å². The number of nitrogens with one attached hydrogen (secondary N) is 2. The number of nitrogens with zero attached hydrogens (tertiary/aromatic N) is 1. The zero-order chi connectivity index (χ0) is 28.0. The molecule has 8 heteroatoms. The van der Waals surface area contributed by atoms with Gasteiger partial charge < -0.3 is 20.3 Å². The minimum absolute atomic E-state index is 0.0457. The fraction of sp³-hybridized carbons (Fsp3) is 0.469. The van der Waals surface area contributed by atoms with Crippen LogP contribution in [-0.2, 0) is 25.5 Å². The smallest absolute Gasteiger partial charge is 0.246 e. The standard InChI is InChI=1S/C32H36ClN3O4/c1-19-7-6-10-24(20(19)2)35-30(38)28-32-17-15-25(40-32)26(29(37)34-23-13-11-22(33)12-14-23)27(32)31(39)36(28)18-16-21-8-4-3-5-9-21/h3-5,8-9,11-15,17,19-20,24-28H,6-7,10,16,18H2,1-2H3,(H,34,37)(H,35,38)/t19-,20+,24+,25+,26+,27+,28+,32+/m1/s1. The maximum absolute atomic E-state index is 14.2. The lowest BCUT2D eigenvalue weighted by Gasteiger charge is -2.38. The second-order valence-corrected chi connectivity index (χ2v) is 12.3. The molecule has 2 bridgehead atoms. The van der Waals surface area contributed by atoms with Crippen LogP contribution in [0.25, 0.3) is 0 Å². The first-order chi connectivity index (χ1) is 19.3. The molecule has 2 N–H and O–H groups in total. The summed E-state index contributed by atoms with van der Waals surface area (Å²) >= 11 is 6.01. The molecular formula is C32H36ClN3O4. The largest absolute Gasteiger partial charge is 0.359 e. The topological polar surface area (TPSA) is 87.7 Å². The Kier molecular flexibility index (Phi) is 7.21. The Bertz CT molecular complexity index is 1320. The van der Waals surface area contributed by atoms with E-state index in [1.54, 1.807) is 29.2 Å². The van der Waals surface area contributed by atoms with Gasteiger partial charge in [0.1, 0.15) is 11.6 Å². The van der Waals surface area contributed by atoms with E-state index in [9.17, 15) is 14.4 Å². The molecule has 6 rings (SSSR count). The van der Waals surface area contributed by atoms with Gasteiger partial charge in [0.2, 0.25) is 17.7 Å². The summed E-state index contributed by atoms with van der Waals surface area (Å²) in [5.74, 6) is -1.35. The Morgan fingerprint density at radius 1 is 1.05 bits per heavy atom. The Hall–Kier alpha value is -3.16. The number of ether oxygens (including phenoxy) is 1. The van der Waals surface area contributed by atoms with Crippen molar-refractivity contribution in [3.63, 3.8) is 0 Å². The molecule has 0 aromatic heterocycles. The fourth-order valence-corrected chi connectivity index (χ4v) is 7.33. The Morgan fingerprint density at radius 2 is 1.80 bits per heavy atom. The SMILES string of the molecule is C[C@H]1[C@H](C)CCC[C@@H]1NC(=O)[C@@H]1N(CCc2ccccc2)C(=O)[C@@H]2[C@@H](C(=O)Nc3ccc(Cl)cc3)[C@@H]3C=C[C@]21O3. The van der Waals surface area contributed by atoms with Crippen molar-refractivity contribution in [2.45, 2.75) is 63.3 Å². The van der Waals surface area contributed by atoms with Gasteiger partial charge in [-0.15, -0.1) is 0 Å². The minimum atomic E-state index is -1.17.